The number of hydrogen-bond donors (Lipinski definition) is 3. The zero-order chi connectivity index (χ0) is 14.1. The lowest BCUT2D eigenvalue weighted by Gasteiger charge is -2.11. The fourth-order valence-corrected chi connectivity index (χ4v) is 1.66. The van der Waals surface area contributed by atoms with Crippen molar-refractivity contribution in [3.8, 4) is 0 Å². The SMILES string of the molecule is CC(CNC(=O)NCCc1ccccc1)CC(=O)O. The summed E-state index contributed by atoms with van der Waals surface area (Å²) in [4.78, 5) is 21.9. The fourth-order valence-electron chi connectivity index (χ4n) is 1.66. The highest BCUT2D eigenvalue weighted by Gasteiger charge is 2.08. The predicted molar refractivity (Wildman–Crippen MR) is 73.0 cm³/mol. The standard InChI is InChI=1S/C14H20N2O3/c1-11(9-13(17)18)10-16-14(19)15-8-7-12-5-3-2-4-6-12/h2-6,11H,7-10H2,1H3,(H,17,18)(H2,15,16,19). The second kappa shape index (κ2) is 8.13. The van der Waals surface area contributed by atoms with Crippen molar-refractivity contribution in [1.29, 1.82) is 0 Å². The number of carbonyl (C=O) groups is 2. The molecule has 1 unspecified atom stereocenters. The van der Waals surface area contributed by atoms with E-state index in [0.29, 0.717) is 13.1 Å². The lowest BCUT2D eigenvalue weighted by molar-refractivity contribution is -0.137. The third-order valence-electron chi connectivity index (χ3n) is 2.68. The summed E-state index contributed by atoms with van der Waals surface area (Å²) in [6, 6.07) is 9.64. The molecule has 0 fully saturated rings. The van der Waals surface area contributed by atoms with Crippen molar-refractivity contribution in [3.05, 3.63) is 35.9 Å². The van der Waals surface area contributed by atoms with Gasteiger partial charge < -0.3 is 15.7 Å². The Morgan fingerprint density at radius 2 is 1.89 bits per heavy atom. The molecule has 0 aliphatic carbocycles. The van der Waals surface area contributed by atoms with E-state index in [1.54, 1.807) is 6.92 Å². The second-order valence-corrected chi connectivity index (χ2v) is 4.58. The number of carboxylic acid groups (broad SMARTS) is 1. The van der Waals surface area contributed by atoms with E-state index in [-0.39, 0.29) is 18.4 Å². The minimum Gasteiger partial charge on any atom is -0.481 e. The fraction of sp³-hybridized carbons (Fsp3) is 0.429. The van der Waals surface area contributed by atoms with Crippen LogP contribution in [-0.2, 0) is 11.2 Å². The van der Waals surface area contributed by atoms with Crippen LogP contribution < -0.4 is 10.6 Å². The van der Waals surface area contributed by atoms with E-state index >= 15 is 0 Å². The van der Waals surface area contributed by atoms with Gasteiger partial charge in [0.1, 0.15) is 0 Å². The molecule has 5 heteroatoms. The minimum absolute atomic E-state index is 0.0598. The molecule has 0 saturated carbocycles. The van der Waals surface area contributed by atoms with Crippen LogP contribution in [0.15, 0.2) is 30.3 Å². The number of carbonyl (C=O) groups excluding carboxylic acids is 1. The largest absolute Gasteiger partial charge is 0.481 e. The second-order valence-electron chi connectivity index (χ2n) is 4.58. The van der Waals surface area contributed by atoms with Crippen molar-refractivity contribution in [2.45, 2.75) is 19.8 Å². The molecule has 1 atom stereocenters. The van der Waals surface area contributed by atoms with Gasteiger partial charge in [-0.3, -0.25) is 4.79 Å². The summed E-state index contributed by atoms with van der Waals surface area (Å²) < 4.78 is 0. The van der Waals surface area contributed by atoms with Crippen LogP contribution in [0.2, 0.25) is 0 Å². The van der Waals surface area contributed by atoms with Gasteiger partial charge in [0.05, 0.1) is 0 Å². The molecule has 0 heterocycles. The summed E-state index contributed by atoms with van der Waals surface area (Å²) in [6.07, 6.45) is 0.837. The Labute approximate surface area is 113 Å². The molecule has 5 nitrogen and oxygen atoms in total. The van der Waals surface area contributed by atoms with Crippen molar-refractivity contribution in [2.24, 2.45) is 5.92 Å². The highest BCUT2D eigenvalue weighted by molar-refractivity contribution is 5.74. The van der Waals surface area contributed by atoms with Crippen molar-refractivity contribution in [1.82, 2.24) is 10.6 Å². The van der Waals surface area contributed by atoms with Crippen LogP contribution in [0.5, 0.6) is 0 Å². The number of aliphatic carboxylic acids is 1. The molecule has 0 aliphatic heterocycles. The van der Waals surface area contributed by atoms with Crippen LogP contribution >= 0.6 is 0 Å². The molecular formula is C14H20N2O3. The Morgan fingerprint density at radius 1 is 1.21 bits per heavy atom. The van der Waals surface area contributed by atoms with Gasteiger partial charge in [-0.1, -0.05) is 37.3 Å². The summed E-state index contributed by atoms with van der Waals surface area (Å²) in [5, 5.41) is 14.0. The van der Waals surface area contributed by atoms with Crippen LogP contribution in [-0.4, -0.2) is 30.2 Å². The maximum atomic E-state index is 11.5. The zero-order valence-corrected chi connectivity index (χ0v) is 11.1. The number of hydrogen-bond acceptors (Lipinski definition) is 2. The Balaban J connectivity index is 2.13. The first kappa shape index (κ1) is 15.0. The summed E-state index contributed by atoms with van der Waals surface area (Å²) in [5.74, 6) is -0.920. The summed E-state index contributed by atoms with van der Waals surface area (Å²) in [6.45, 7) is 2.71. The zero-order valence-electron chi connectivity index (χ0n) is 11.1. The third-order valence-corrected chi connectivity index (χ3v) is 2.68. The van der Waals surface area contributed by atoms with E-state index in [2.05, 4.69) is 10.6 Å². The first-order chi connectivity index (χ1) is 9.08. The molecule has 0 saturated heterocycles. The molecule has 0 radical (unpaired) electrons. The lowest BCUT2D eigenvalue weighted by atomic mass is 10.1. The molecule has 0 aromatic heterocycles. The van der Waals surface area contributed by atoms with Crippen molar-refractivity contribution in [2.75, 3.05) is 13.1 Å². The molecule has 0 spiro atoms. The Hall–Kier alpha value is -2.04. The highest BCUT2D eigenvalue weighted by atomic mass is 16.4. The number of amides is 2. The monoisotopic (exact) mass is 264 g/mol. The van der Waals surface area contributed by atoms with Gasteiger partial charge in [0.15, 0.2) is 0 Å². The maximum absolute atomic E-state index is 11.5. The Morgan fingerprint density at radius 3 is 2.53 bits per heavy atom. The number of urea groups is 1. The van der Waals surface area contributed by atoms with Gasteiger partial charge in [-0.15, -0.1) is 0 Å². The van der Waals surface area contributed by atoms with E-state index in [1.165, 1.54) is 5.56 Å². The van der Waals surface area contributed by atoms with Crippen LogP contribution in [0.4, 0.5) is 4.79 Å². The maximum Gasteiger partial charge on any atom is 0.314 e. The smallest absolute Gasteiger partial charge is 0.314 e. The van der Waals surface area contributed by atoms with Gasteiger partial charge in [-0.2, -0.15) is 0 Å². The van der Waals surface area contributed by atoms with E-state index < -0.39 is 5.97 Å². The summed E-state index contributed by atoms with van der Waals surface area (Å²) >= 11 is 0. The predicted octanol–water partition coefficient (Wildman–Crippen LogP) is 1.64. The average Bonchev–Trinajstić information content (AvgIpc) is 2.37. The summed E-state index contributed by atoms with van der Waals surface area (Å²) in [7, 11) is 0. The first-order valence-electron chi connectivity index (χ1n) is 6.35. The van der Waals surface area contributed by atoms with E-state index in [1.807, 2.05) is 30.3 Å². The van der Waals surface area contributed by atoms with E-state index in [0.717, 1.165) is 6.42 Å². The van der Waals surface area contributed by atoms with Gasteiger partial charge in [-0.05, 0) is 17.9 Å². The lowest BCUT2D eigenvalue weighted by Crippen LogP contribution is -2.39. The van der Waals surface area contributed by atoms with Crippen LogP contribution in [0.25, 0.3) is 0 Å². The van der Waals surface area contributed by atoms with Gasteiger partial charge in [0.2, 0.25) is 0 Å². The van der Waals surface area contributed by atoms with Gasteiger partial charge in [0.25, 0.3) is 0 Å². The third kappa shape index (κ3) is 7.08. The van der Waals surface area contributed by atoms with E-state index in [9.17, 15) is 9.59 Å². The molecule has 2 amide bonds. The molecule has 19 heavy (non-hydrogen) atoms. The van der Waals surface area contributed by atoms with Gasteiger partial charge in [0, 0.05) is 19.5 Å². The molecule has 0 aliphatic rings. The van der Waals surface area contributed by atoms with Crippen molar-refractivity contribution in [3.63, 3.8) is 0 Å². The number of rotatable bonds is 7. The quantitative estimate of drug-likeness (QED) is 0.700. The molecule has 1 aromatic rings. The number of benzene rings is 1. The Bertz CT molecular complexity index is 406. The van der Waals surface area contributed by atoms with E-state index in [4.69, 9.17) is 5.11 Å². The summed E-state index contributed by atoms with van der Waals surface area (Å²) in [5.41, 5.74) is 1.17. The van der Waals surface area contributed by atoms with Crippen LogP contribution in [0, 0.1) is 5.92 Å². The molecule has 0 bridgehead atoms. The minimum atomic E-state index is -0.848. The molecule has 3 N–H and O–H groups in total. The topological polar surface area (TPSA) is 78.4 Å². The van der Waals surface area contributed by atoms with Gasteiger partial charge in [-0.25, -0.2) is 4.79 Å². The first-order valence-corrected chi connectivity index (χ1v) is 6.35. The van der Waals surface area contributed by atoms with Crippen LogP contribution in [0.1, 0.15) is 18.9 Å². The normalized spacial score (nSPS) is 11.6. The Kier molecular flexibility index (Phi) is 6.43. The average molecular weight is 264 g/mol. The van der Waals surface area contributed by atoms with Crippen LogP contribution in [0.3, 0.4) is 0 Å². The molecule has 1 aromatic carbocycles. The number of nitrogens with one attached hydrogen (secondary N) is 2. The van der Waals surface area contributed by atoms with Crippen molar-refractivity contribution < 1.29 is 14.7 Å². The molecule has 104 valence electrons. The molecule has 1 rings (SSSR count). The van der Waals surface area contributed by atoms with Crippen molar-refractivity contribution >= 4 is 12.0 Å². The number of carboxylic acids is 1. The highest BCUT2D eigenvalue weighted by Crippen LogP contribution is 1.99. The molecular weight excluding hydrogens is 244 g/mol. The van der Waals surface area contributed by atoms with Gasteiger partial charge >= 0.3 is 12.0 Å².